The number of thiocarbonyl (C=S) groups is 1. The van der Waals surface area contributed by atoms with Gasteiger partial charge in [-0.3, -0.25) is 19.2 Å². The Hall–Kier alpha value is -2.86. The van der Waals surface area contributed by atoms with Gasteiger partial charge in [0.15, 0.2) is 0 Å². The van der Waals surface area contributed by atoms with Gasteiger partial charge in [0.05, 0.1) is 11.1 Å². The first-order valence-corrected chi connectivity index (χ1v) is 13.1. The van der Waals surface area contributed by atoms with Crippen molar-refractivity contribution in [1.29, 1.82) is 5.26 Å². The number of aliphatic hydroxyl groups is 3. The molecule has 4 amide bonds. The summed E-state index contributed by atoms with van der Waals surface area (Å²) in [5.74, 6) is -0.764. The predicted molar refractivity (Wildman–Crippen MR) is 141 cm³/mol. The smallest absolute Gasteiger partial charge is 0.248 e. The normalized spacial score (nSPS) is 18.7. The zero-order valence-electron chi connectivity index (χ0n) is 21.7. The number of primary amides is 1. The molecule has 3 aliphatic rings. The van der Waals surface area contributed by atoms with Crippen molar-refractivity contribution in [3.8, 4) is 6.07 Å². The minimum Gasteiger partial charge on any atom is -0.393 e. The number of hydrogen-bond acceptors (Lipinski definition) is 9. The maximum Gasteiger partial charge on any atom is 0.248 e. The number of likely N-dealkylation sites (tertiary alicyclic amines) is 3. The van der Waals surface area contributed by atoms with Gasteiger partial charge in [0.25, 0.3) is 0 Å². The van der Waals surface area contributed by atoms with Crippen molar-refractivity contribution in [2.24, 2.45) is 29.2 Å². The molecule has 0 aromatic carbocycles. The summed E-state index contributed by atoms with van der Waals surface area (Å²) in [6, 6.07) is 2.18. The highest BCUT2D eigenvalue weighted by Crippen LogP contribution is 2.18. The van der Waals surface area contributed by atoms with Crippen molar-refractivity contribution in [2.45, 2.75) is 38.5 Å². The highest BCUT2D eigenvalue weighted by molar-refractivity contribution is 7.80. The van der Waals surface area contributed by atoms with E-state index in [1.165, 1.54) is 0 Å². The number of nitrogens with zero attached hydrogens (tertiary/aromatic N) is 4. The fraction of sp³-hybridized carbons (Fsp3) is 0.750. The number of hydrogen-bond donors (Lipinski definition) is 5. The van der Waals surface area contributed by atoms with Crippen LogP contribution in [-0.2, 0) is 19.2 Å². The average Bonchev–Trinajstić information content (AvgIpc) is 2.96. The third-order valence-electron chi connectivity index (χ3n) is 6.94. The van der Waals surface area contributed by atoms with Crippen molar-refractivity contribution in [3.05, 3.63) is 0 Å². The third-order valence-corrected chi connectivity index (χ3v) is 7.27. The molecule has 14 heteroatoms. The number of aliphatic hydroxyl groups excluding tert-OH is 3. The van der Waals surface area contributed by atoms with Crippen molar-refractivity contribution in [2.75, 3.05) is 59.1 Å². The van der Waals surface area contributed by atoms with Gasteiger partial charge in [-0.05, 0) is 38.5 Å². The topological polar surface area (TPSA) is 215 Å². The van der Waals surface area contributed by atoms with Gasteiger partial charge >= 0.3 is 0 Å². The molecule has 3 heterocycles. The Bertz CT molecular complexity index is 798. The van der Waals surface area contributed by atoms with Crippen LogP contribution in [0.1, 0.15) is 38.5 Å². The Morgan fingerprint density at radius 1 is 0.684 bits per heavy atom. The van der Waals surface area contributed by atoms with Crippen LogP contribution >= 0.6 is 12.2 Å². The lowest BCUT2D eigenvalue weighted by atomic mass is 9.96. The van der Waals surface area contributed by atoms with Crippen molar-refractivity contribution in [1.82, 2.24) is 14.7 Å². The largest absolute Gasteiger partial charge is 0.393 e. The van der Waals surface area contributed by atoms with Gasteiger partial charge in [0.2, 0.25) is 23.6 Å². The van der Waals surface area contributed by atoms with E-state index in [1.54, 1.807) is 14.7 Å². The monoisotopic (exact) mass is 556 g/mol. The SMILES string of the molecule is N#CC1CCN(C(=O)CO)CC1.NC(=O)C1CCN(C(=O)CO)CC1.NC(=S)C1CCN(C(=O)CO)CC1. The summed E-state index contributed by atoms with van der Waals surface area (Å²) in [5, 5.41) is 34.3. The number of amides is 4. The Morgan fingerprint density at radius 3 is 1.26 bits per heavy atom. The second-order valence-corrected chi connectivity index (χ2v) is 9.84. The number of nitrogens with two attached hydrogens (primary N) is 2. The lowest BCUT2D eigenvalue weighted by Crippen LogP contribution is -2.42. The Kier molecular flexibility index (Phi) is 15.4. The van der Waals surface area contributed by atoms with Crippen LogP contribution in [0.3, 0.4) is 0 Å². The molecule has 13 nitrogen and oxygen atoms in total. The van der Waals surface area contributed by atoms with Crippen LogP contribution in [0.2, 0.25) is 0 Å². The minimum atomic E-state index is -0.457. The second kappa shape index (κ2) is 17.6. The number of carbonyl (C=O) groups excluding carboxylic acids is 4. The van der Waals surface area contributed by atoms with E-state index in [2.05, 4.69) is 6.07 Å². The van der Waals surface area contributed by atoms with Crippen LogP contribution in [-0.4, -0.2) is 118 Å². The van der Waals surface area contributed by atoms with E-state index in [-0.39, 0.29) is 41.4 Å². The summed E-state index contributed by atoms with van der Waals surface area (Å²) < 4.78 is 0. The van der Waals surface area contributed by atoms with E-state index >= 15 is 0 Å². The maximum absolute atomic E-state index is 11.1. The van der Waals surface area contributed by atoms with Crippen LogP contribution < -0.4 is 11.5 Å². The molecule has 0 saturated carbocycles. The number of carbonyl (C=O) groups is 4. The molecule has 3 aliphatic heterocycles. The third kappa shape index (κ3) is 11.3. The van der Waals surface area contributed by atoms with E-state index in [0.29, 0.717) is 57.1 Å². The summed E-state index contributed by atoms with van der Waals surface area (Å²) >= 11 is 4.87. The van der Waals surface area contributed by atoms with E-state index in [0.717, 1.165) is 25.7 Å². The Labute approximate surface area is 228 Å². The van der Waals surface area contributed by atoms with Crippen molar-refractivity contribution in [3.63, 3.8) is 0 Å². The summed E-state index contributed by atoms with van der Waals surface area (Å²) in [5.41, 5.74) is 10.6. The number of piperidine rings is 3. The first kappa shape index (κ1) is 33.2. The summed E-state index contributed by atoms with van der Waals surface area (Å²) in [7, 11) is 0. The number of nitriles is 1. The molecule has 0 spiro atoms. The maximum atomic E-state index is 11.1. The van der Waals surface area contributed by atoms with Crippen LogP contribution in [0.25, 0.3) is 0 Å². The molecular formula is C24H40N6O7S. The molecule has 0 unspecified atom stereocenters. The molecule has 0 aromatic rings. The summed E-state index contributed by atoms with van der Waals surface area (Å²) in [6.07, 6.45) is 4.34. The van der Waals surface area contributed by atoms with Gasteiger partial charge < -0.3 is 41.5 Å². The first-order chi connectivity index (χ1) is 18.1. The zero-order valence-corrected chi connectivity index (χ0v) is 22.5. The Balaban J connectivity index is 0.000000285. The summed E-state index contributed by atoms with van der Waals surface area (Å²) in [4.78, 5) is 49.1. The van der Waals surface area contributed by atoms with E-state index < -0.39 is 19.8 Å². The van der Waals surface area contributed by atoms with Gasteiger partial charge in [-0.1, -0.05) is 12.2 Å². The first-order valence-electron chi connectivity index (χ1n) is 12.7. The van der Waals surface area contributed by atoms with Gasteiger partial charge in [-0.15, -0.1) is 0 Å². The van der Waals surface area contributed by atoms with Gasteiger partial charge in [0, 0.05) is 57.0 Å². The standard InChI is InChI=1S/C8H14N2O3.C8H14N2O2S.C8H12N2O2/c2*9-8(13)6-1-3-10(4-2-6)7(12)5-11;9-5-7-1-3-10(4-2-7)8(12)6-11/h2*6,11H,1-5H2,(H2,9,13);7,11H,1-4,6H2. The molecule has 7 N–H and O–H groups in total. The van der Waals surface area contributed by atoms with Crippen LogP contribution in [0, 0.1) is 29.1 Å². The molecule has 214 valence electrons. The van der Waals surface area contributed by atoms with E-state index in [4.69, 9.17) is 44.3 Å². The lowest BCUT2D eigenvalue weighted by molar-refractivity contribution is -0.137. The van der Waals surface area contributed by atoms with E-state index in [9.17, 15) is 19.2 Å². The second-order valence-electron chi connectivity index (χ2n) is 9.37. The molecule has 0 aromatic heterocycles. The molecule has 0 radical (unpaired) electrons. The van der Waals surface area contributed by atoms with Crippen LogP contribution in [0.4, 0.5) is 0 Å². The average molecular weight is 557 g/mol. The highest BCUT2D eigenvalue weighted by Gasteiger charge is 2.25. The van der Waals surface area contributed by atoms with Gasteiger partial charge in [-0.25, -0.2) is 0 Å². The molecule has 3 rings (SSSR count). The van der Waals surface area contributed by atoms with Crippen LogP contribution in [0.15, 0.2) is 0 Å². The molecule has 3 fully saturated rings. The lowest BCUT2D eigenvalue weighted by Gasteiger charge is -2.30. The minimum absolute atomic E-state index is 0.0905. The van der Waals surface area contributed by atoms with Crippen LogP contribution in [0.5, 0.6) is 0 Å². The van der Waals surface area contributed by atoms with Crippen molar-refractivity contribution < 1.29 is 34.5 Å². The molecule has 38 heavy (non-hydrogen) atoms. The van der Waals surface area contributed by atoms with E-state index in [1.807, 2.05) is 0 Å². The molecule has 0 atom stereocenters. The quantitative estimate of drug-likeness (QED) is 0.234. The fourth-order valence-electron chi connectivity index (χ4n) is 4.38. The molecule has 3 saturated heterocycles. The molecule has 0 aliphatic carbocycles. The zero-order chi connectivity index (χ0) is 28.7. The highest BCUT2D eigenvalue weighted by atomic mass is 32.1. The number of rotatable bonds is 5. The summed E-state index contributed by atoms with van der Waals surface area (Å²) in [6.45, 7) is 2.29. The molecule has 0 bridgehead atoms. The fourth-order valence-corrected chi connectivity index (χ4v) is 4.62. The van der Waals surface area contributed by atoms with Gasteiger partial charge in [-0.2, -0.15) is 5.26 Å². The predicted octanol–water partition coefficient (Wildman–Crippen LogP) is -2.05. The molecular weight excluding hydrogens is 516 g/mol. The van der Waals surface area contributed by atoms with Gasteiger partial charge in [0.1, 0.15) is 19.8 Å². The Morgan fingerprint density at radius 2 is 1.00 bits per heavy atom. The van der Waals surface area contributed by atoms with Crippen molar-refractivity contribution >= 4 is 40.8 Å².